The van der Waals surface area contributed by atoms with Crippen LogP contribution in [0.1, 0.15) is 56.2 Å². The zero-order valence-electron chi connectivity index (χ0n) is 29.4. The van der Waals surface area contributed by atoms with Gasteiger partial charge < -0.3 is 5.32 Å². The minimum atomic E-state index is 0.538. The van der Waals surface area contributed by atoms with Gasteiger partial charge in [0.15, 0.2) is 0 Å². The van der Waals surface area contributed by atoms with Gasteiger partial charge in [0.25, 0.3) is 0 Å². The predicted octanol–water partition coefficient (Wildman–Crippen LogP) is 6.24. The molecule has 3 aromatic carbocycles. The molecule has 3 saturated heterocycles. The fraction of sp³-hybridized carbons (Fsp3) is 0.571. The molecule has 5 nitrogen and oxygen atoms in total. The van der Waals surface area contributed by atoms with E-state index in [4.69, 9.17) is 0 Å². The summed E-state index contributed by atoms with van der Waals surface area (Å²) in [4.78, 5) is 11.5. The highest BCUT2D eigenvalue weighted by molar-refractivity contribution is 5.19. The second-order valence-electron chi connectivity index (χ2n) is 14.9. The van der Waals surface area contributed by atoms with Crippen LogP contribution >= 0.6 is 0 Å². The lowest BCUT2D eigenvalue weighted by atomic mass is 9.97. The van der Waals surface area contributed by atoms with Crippen LogP contribution in [0.15, 0.2) is 91.0 Å². The van der Waals surface area contributed by atoms with E-state index in [1.54, 1.807) is 0 Å². The largest absolute Gasteiger partial charge is 0.314 e. The van der Waals surface area contributed by atoms with E-state index in [0.717, 1.165) is 44.8 Å². The summed E-state index contributed by atoms with van der Waals surface area (Å²) in [5.74, 6) is 0.798. The van der Waals surface area contributed by atoms with Crippen LogP contribution in [0.25, 0.3) is 0 Å². The number of hydrogen-bond donors (Lipinski definition) is 1. The smallest absolute Gasteiger partial charge is 0.0264 e. The third kappa shape index (κ3) is 9.99. The number of hydrogen-bond acceptors (Lipinski definition) is 5. The fourth-order valence-corrected chi connectivity index (χ4v) is 8.42. The molecule has 0 saturated carbocycles. The quantitative estimate of drug-likeness (QED) is 0.213. The van der Waals surface area contributed by atoms with Crippen molar-refractivity contribution in [1.82, 2.24) is 24.9 Å². The predicted molar refractivity (Wildman–Crippen MR) is 198 cm³/mol. The van der Waals surface area contributed by atoms with Gasteiger partial charge in [0, 0.05) is 76.5 Å². The normalized spacial score (nSPS) is 24.8. The summed E-state index contributed by atoms with van der Waals surface area (Å²) in [6.45, 7) is 16.5. The first-order valence-corrected chi connectivity index (χ1v) is 18.9. The summed E-state index contributed by atoms with van der Waals surface area (Å²) in [7, 11) is 0. The highest BCUT2D eigenvalue weighted by Gasteiger charge is 2.35. The number of nitrogens with one attached hydrogen (secondary N) is 1. The Bertz CT molecular complexity index is 1290. The molecule has 0 aliphatic carbocycles. The Kier molecular flexibility index (Phi) is 13.0. The van der Waals surface area contributed by atoms with E-state index in [0.29, 0.717) is 24.2 Å². The molecule has 6 rings (SSSR count). The van der Waals surface area contributed by atoms with Crippen molar-refractivity contribution < 1.29 is 0 Å². The van der Waals surface area contributed by atoms with E-state index in [9.17, 15) is 0 Å². The summed E-state index contributed by atoms with van der Waals surface area (Å²) in [6, 6.07) is 36.1. The molecular formula is C42H61N5. The summed E-state index contributed by atoms with van der Waals surface area (Å²) >= 11 is 0. The van der Waals surface area contributed by atoms with Gasteiger partial charge in [-0.15, -0.1) is 0 Å². The molecule has 5 atom stereocenters. The van der Waals surface area contributed by atoms with Crippen molar-refractivity contribution in [2.24, 2.45) is 5.92 Å². The Morgan fingerprint density at radius 2 is 1.36 bits per heavy atom. The van der Waals surface area contributed by atoms with Gasteiger partial charge >= 0.3 is 0 Å². The monoisotopic (exact) mass is 635 g/mol. The van der Waals surface area contributed by atoms with Gasteiger partial charge in [-0.25, -0.2) is 0 Å². The molecule has 0 spiro atoms. The van der Waals surface area contributed by atoms with Gasteiger partial charge in [-0.1, -0.05) is 111 Å². The van der Waals surface area contributed by atoms with Crippen LogP contribution in [0.5, 0.6) is 0 Å². The summed E-state index contributed by atoms with van der Waals surface area (Å²) in [5.41, 5.74) is 4.43. The van der Waals surface area contributed by atoms with Crippen LogP contribution < -0.4 is 5.32 Å². The van der Waals surface area contributed by atoms with Gasteiger partial charge in [-0.05, 0) is 74.2 Å². The van der Waals surface area contributed by atoms with Crippen LogP contribution in [0.4, 0.5) is 0 Å². The van der Waals surface area contributed by atoms with E-state index in [1.165, 1.54) is 88.2 Å². The van der Waals surface area contributed by atoms with E-state index in [-0.39, 0.29) is 0 Å². The molecule has 3 fully saturated rings. The maximum absolute atomic E-state index is 3.70. The average molecular weight is 636 g/mol. The van der Waals surface area contributed by atoms with Crippen LogP contribution in [0.2, 0.25) is 0 Å². The summed E-state index contributed by atoms with van der Waals surface area (Å²) in [6.07, 6.45) is 8.68. The minimum Gasteiger partial charge on any atom is -0.314 e. The van der Waals surface area contributed by atoms with Gasteiger partial charge in [0.05, 0.1) is 0 Å². The lowest BCUT2D eigenvalue weighted by molar-refractivity contribution is 0.0273. The van der Waals surface area contributed by atoms with E-state index < -0.39 is 0 Å². The first-order valence-electron chi connectivity index (χ1n) is 18.9. The first-order chi connectivity index (χ1) is 23.1. The van der Waals surface area contributed by atoms with Crippen molar-refractivity contribution in [3.63, 3.8) is 0 Å². The minimum absolute atomic E-state index is 0.538. The lowest BCUT2D eigenvalue weighted by Crippen LogP contribution is -2.60. The van der Waals surface area contributed by atoms with Crippen molar-refractivity contribution in [1.29, 1.82) is 0 Å². The molecule has 2 unspecified atom stereocenters. The summed E-state index contributed by atoms with van der Waals surface area (Å²) in [5, 5.41) is 3.70. The average Bonchev–Trinajstić information content (AvgIpc) is 3.55. The highest BCUT2D eigenvalue weighted by Crippen LogP contribution is 2.26. The maximum Gasteiger partial charge on any atom is 0.0264 e. The van der Waals surface area contributed by atoms with Gasteiger partial charge in [0.2, 0.25) is 0 Å². The van der Waals surface area contributed by atoms with Crippen molar-refractivity contribution in [2.45, 2.75) is 83.0 Å². The number of rotatable bonds is 15. The molecule has 254 valence electrons. The topological polar surface area (TPSA) is 25.0 Å². The number of likely N-dealkylation sites (tertiary alicyclic amines) is 1. The molecule has 0 aromatic heterocycles. The molecule has 0 radical (unpaired) electrons. The molecule has 3 aliphatic rings. The first kappa shape index (κ1) is 34.3. The third-order valence-corrected chi connectivity index (χ3v) is 11.6. The number of piperazine rings is 2. The van der Waals surface area contributed by atoms with Crippen LogP contribution in [0.3, 0.4) is 0 Å². The van der Waals surface area contributed by atoms with Crippen molar-refractivity contribution in [3.8, 4) is 0 Å². The number of nitrogens with zero attached hydrogens (tertiary/aromatic N) is 4. The Labute approximate surface area is 286 Å². The Hall–Kier alpha value is -2.54. The fourth-order valence-electron chi connectivity index (χ4n) is 8.42. The molecule has 5 heteroatoms. The lowest BCUT2D eigenvalue weighted by Gasteiger charge is -2.46. The molecule has 0 amide bonds. The van der Waals surface area contributed by atoms with Crippen LogP contribution in [-0.4, -0.2) is 109 Å². The molecule has 1 N–H and O–H groups in total. The Balaban J connectivity index is 1.16. The van der Waals surface area contributed by atoms with E-state index >= 15 is 0 Å². The SMILES string of the molecule is CCC(C)CCN1CCN([C@@H](Cc2ccccc2)CN2CCCC2CN2CCNC[C@@H]2Cc2ccccc2)C[C@@H]1Cc1ccccc1. The van der Waals surface area contributed by atoms with Gasteiger partial charge in [-0.2, -0.15) is 0 Å². The van der Waals surface area contributed by atoms with E-state index in [2.05, 4.69) is 130 Å². The molecule has 3 heterocycles. The van der Waals surface area contributed by atoms with Crippen molar-refractivity contribution >= 4 is 0 Å². The Morgan fingerprint density at radius 1 is 0.702 bits per heavy atom. The maximum atomic E-state index is 3.70. The highest BCUT2D eigenvalue weighted by atomic mass is 15.3. The summed E-state index contributed by atoms with van der Waals surface area (Å²) < 4.78 is 0. The van der Waals surface area contributed by atoms with E-state index in [1.807, 2.05) is 0 Å². The standard InChI is InChI=1S/C42H61N5/c1-3-35(2)21-24-44-26-27-47(33-41(44)29-37-16-9-5-10-17-37)42(30-38-18-11-6-12-19-38)34-45-23-13-20-39(45)32-46-25-22-43-31-40(46)28-36-14-7-4-8-15-36/h4-12,14-19,35,39-43H,3,13,20-34H2,1-2H3/t35?,39?,40-,41-,42-/m0/s1. The molecule has 47 heavy (non-hydrogen) atoms. The van der Waals surface area contributed by atoms with Crippen LogP contribution in [-0.2, 0) is 19.3 Å². The number of benzene rings is 3. The van der Waals surface area contributed by atoms with Crippen LogP contribution in [0, 0.1) is 5.92 Å². The Morgan fingerprint density at radius 3 is 2.04 bits per heavy atom. The zero-order chi connectivity index (χ0) is 32.3. The second-order valence-corrected chi connectivity index (χ2v) is 14.9. The van der Waals surface area contributed by atoms with Gasteiger partial charge in [-0.3, -0.25) is 19.6 Å². The zero-order valence-corrected chi connectivity index (χ0v) is 29.4. The van der Waals surface area contributed by atoms with Crippen molar-refractivity contribution in [2.75, 3.05) is 65.4 Å². The molecule has 0 bridgehead atoms. The molecule has 3 aromatic rings. The molecule has 3 aliphatic heterocycles. The third-order valence-electron chi connectivity index (χ3n) is 11.6. The second kappa shape index (κ2) is 17.7. The van der Waals surface area contributed by atoms with Gasteiger partial charge in [0.1, 0.15) is 0 Å². The molecular weight excluding hydrogens is 574 g/mol. The van der Waals surface area contributed by atoms with Crippen molar-refractivity contribution in [3.05, 3.63) is 108 Å².